The number of fused-ring (bicyclic) bond motifs is 6. The van der Waals surface area contributed by atoms with Gasteiger partial charge in [-0.25, -0.2) is 0 Å². The van der Waals surface area contributed by atoms with Crippen molar-refractivity contribution >= 4 is 5.69 Å². The minimum atomic E-state index is 0. The maximum atomic E-state index is 10.3. The van der Waals surface area contributed by atoms with Gasteiger partial charge in [-0.05, 0) is 23.8 Å². The zero-order valence-electron chi connectivity index (χ0n) is 14.2. The Morgan fingerprint density at radius 3 is 2.64 bits per heavy atom. The van der Waals surface area contributed by atoms with Crippen LogP contribution in [0.15, 0.2) is 24.3 Å². The summed E-state index contributed by atoms with van der Waals surface area (Å²) in [6, 6.07) is 8.46. The van der Waals surface area contributed by atoms with E-state index in [9.17, 15) is 5.11 Å². The molecule has 132 valence electrons. The molecule has 3 heterocycles. The number of rotatable bonds is 1. The second kappa shape index (κ2) is 5.67. The van der Waals surface area contributed by atoms with E-state index >= 15 is 0 Å². The third-order valence-electron chi connectivity index (χ3n) is 5.87. The molecule has 0 aromatic heterocycles. The molecule has 2 atom stereocenters. The number of benzene rings is 2. The summed E-state index contributed by atoms with van der Waals surface area (Å²) < 4.78 is 17.2. The molecule has 2 aromatic rings. The van der Waals surface area contributed by atoms with Gasteiger partial charge in [0.1, 0.15) is 11.7 Å². The molecule has 2 aromatic carbocycles. The predicted octanol–water partition coefficient (Wildman–Crippen LogP) is -0.0759. The Bertz CT molecular complexity index is 869. The molecule has 1 N–H and O–H groups in total. The highest BCUT2D eigenvalue weighted by Gasteiger charge is 2.48. The van der Waals surface area contributed by atoms with Gasteiger partial charge in [0.2, 0.25) is 6.79 Å². The summed E-state index contributed by atoms with van der Waals surface area (Å²) in [7, 11) is 3.88. The first-order valence-corrected chi connectivity index (χ1v) is 8.28. The van der Waals surface area contributed by atoms with E-state index in [4.69, 9.17) is 14.2 Å². The second-order valence-corrected chi connectivity index (χ2v) is 7.02. The fourth-order valence-corrected chi connectivity index (χ4v) is 4.55. The maximum Gasteiger partial charge on any atom is 0.231 e. The topological polar surface area (TPSA) is 47.9 Å². The normalized spacial score (nSPS) is 24.8. The van der Waals surface area contributed by atoms with Crippen molar-refractivity contribution in [3.05, 3.63) is 41.0 Å². The van der Waals surface area contributed by atoms with Crippen molar-refractivity contribution in [2.24, 2.45) is 0 Å². The second-order valence-electron chi connectivity index (χ2n) is 7.02. The van der Waals surface area contributed by atoms with Crippen molar-refractivity contribution in [1.82, 2.24) is 4.48 Å². The van der Waals surface area contributed by atoms with Crippen LogP contribution in [0.2, 0.25) is 0 Å². The van der Waals surface area contributed by atoms with Gasteiger partial charge in [0.15, 0.2) is 23.0 Å². The number of phenols is 1. The van der Waals surface area contributed by atoms with Crippen LogP contribution in [0, 0.1) is 0 Å². The number of aromatic hydroxyl groups is 1. The molecule has 3 aliphatic rings. The smallest absolute Gasteiger partial charge is 0.231 e. The number of hydrogen-bond acceptors (Lipinski definition) is 4. The van der Waals surface area contributed by atoms with Crippen LogP contribution in [0.1, 0.15) is 22.7 Å². The highest BCUT2D eigenvalue weighted by Crippen LogP contribution is 2.53. The van der Waals surface area contributed by atoms with Gasteiger partial charge in [0.25, 0.3) is 0 Å². The van der Waals surface area contributed by atoms with Crippen LogP contribution in [0.25, 0.3) is 0 Å². The quantitative estimate of drug-likeness (QED) is 0.485. The van der Waals surface area contributed by atoms with E-state index in [0.29, 0.717) is 18.6 Å². The third-order valence-corrected chi connectivity index (χ3v) is 5.87. The van der Waals surface area contributed by atoms with E-state index in [0.717, 1.165) is 35.4 Å². The Labute approximate surface area is 163 Å². The molecule has 6 heteroatoms. The van der Waals surface area contributed by atoms with E-state index < -0.39 is 0 Å². The summed E-state index contributed by atoms with van der Waals surface area (Å²) in [5.74, 6) is 2.46. The number of likely N-dealkylation sites (N-methyl/N-ethyl adjacent to an activating group) is 1. The van der Waals surface area contributed by atoms with Crippen LogP contribution in [-0.2, 0) is 12.8 Å². The molecule has 25 heavy (non-hydrogen) atoms. The fraction of sp³-hybridized carbons (Fsp3) is 0.368. The van der Waals surface area contributed by atoms with Crippen LogP contribution in [0.4, 0.5) is 5.69 Å². The van der Waals surface area contributed by atoms with Gasteiger partial charge in [-0.15, -0.1) is 0 Å². The molecule has 0 spiro atoms. The molecule has 5 rings (SSSR count). The Hall–Kier alpha value is -1.67. The van der Waals surface area contributed by atoms with E-state index in [1.165, 1.54) is 22.4 Å². The number of methoxy groups -OCH3 is 1. The summed E-state index contributed by atoms with van der Waals surface area (Å²) in [4.78, 5) is 0. The molecule has 3 aliphatic heterocycles. The molecule has 0 aliphatic carbocycles. The minimum Gasteiger partial charge on any atom is -1.00 e. The number of phenolic OH excluding ortho intramolecular Hbond substituents is 1. The molecule has 5 nitrogen and oxygen atoms in total. The van der Waals surface area contributed by atoms with E-state index in [1.54, 1.807) is 7.11 Å². The lowest BCUT2D eigenvalue weighted by Crippen LogP contribution is -3.00. The fourth-order valence-electron chi connectivity index (χ4n) is 4.55. The van der Waals surface area contributed by atoms with Gasteiger partial charge in [-0.1, -0.05) is 0 Å². The standard InChI is InChI=1S/C19H19NO4.HI/c1-20-4-3-11-6-17(22-2)16(21)8-13(11)15(20)5-12-7-18-19(9-14(12)20)24-10-23-18;/h6-9,15H,3-5,10H2,1-2H3;1H. The van der Waals surface area contributed by atoms with Gasteiger partial charge in [-0.3, -0.25) is 4.48 Å². The molecule has 0 amide bonds. The van der Waals surface area contributed by atoms with Crippen LogP contribution in [0.5, 0.6) is 23.0 Å². The van der Waals surface area contributed by atoms with Crippen LogP contribution in [-0.4, -0.2) is 32.6 Å². The Morgan fingerprint density at radius 2 is 1.88 bits per heavy atom. The number of halogens is 1. The SMILES string of the molecule is COc1cc2c(cc1O)C1Cc3cc4c(cc3[N+]1(C)CC2)OCO4.[I-]. The van der Waals surface area contributed by atoms with E-state index in [2.05, 4.69) is 19.2 Å². The Balaban J connectivity index is 0.00000157. The lowest BCUT2D eigenvalue weighted by atomic mass is 9.90. The molecule has 0 fully saturated rings. The van der Waals surface area contributed by atoms with Gasteiger partial charge in [0, 0.05) is 30.0 Å². The highest BCUT2D eigenvalue weighted by atomic mass is 127. The summed E-state index contributed by atoms with van der Waals surface area (Å²) in [5, 5.41) is 10.3. The first-order chi connectivity index (χ1) is 11.6. The Kier molecular flexibility index (Phi) is 3.81. The number of ether oxygens (including phenoxy) is 3. The van der Waals surface area contributed by atoms with Crippen LogP contribution >= 0.6 is 0 Å². The van der Waals surface area contributed by atoms with Crippen LogP contribution in [0.3, 0.4) is 0 Å². The first-order valence-electron chi connectivity index (χ1n) is 8.28. The summed E-state index contributed by atoms with van der Waals surface area (Å²) in [6.45, 7) is 1.33. The van der Waals surface area contributed by atoms with Crippen molar-refractivity contribution in [3.8, 4) is 23.0 Å². The van der Waals surface area contributed by atoms with Gasteiger partial charge in [0.05, 0.1) is 20.7 Å². The van der Waals surface area contributed by atoms with Crippen molar-refractivity contribution in [3.63, 3.8) is 0 Å². The maximum absolute atomic E-state index is 10.3. The molecule has 0 saturated carbocycles. The number of hydrogen-bond donors (Lipinski definition) is 1. The largest absolute Gasteiger partial charge is 1.00 e. The zero-order valence-corrected chi connectivity index (χ0v) is 16.4. The predicted molar refractivity (Wildman–Crippen MR) is 90.0 cm³/mol. The number of quaternary nitrogens is 1. The van der Waals surface area contributed by atoms with Crippen molar-refractivity contribution in [2.45, 2.75) is 18.9 Å². The molecular weight excluding hydrogens is 433 g/mol. The minimum absolute atomic E-state index is 0. The zero-order chi connectivity index (χ0) is 16.5. The number of nitrogens with zero attached hydrogens (tertiary/aromatic N) is 1. The summed E-state index contributed by atoms with van der Waals surface area (Å²) in [5.41, 5.74) is 5.12. The highest BCUT2D eigenvalue weighted by molar-refractivity contribution is 5.66. The lowest BCUT2D eigenvalue weighted by molar-refractivity contribution is -0.00000756. The van der Waals surface area contributed by atoms with E-state index in [-0.39, 0.29) is 29.7 Å². The molecule has 0 bridgehead atoms. The van der Waals surface area contributed by atoms with Gasteiger partial charge < -0.3 is 43.3 Å². The van der Waals surface area contributed by atoms with Crippen molar-refractivity contribution < 1.29 is 43.3 Å². The molecular formula is C19H20INO4. The molecule has 0 radical (unpaired) electrons. The molecule has 2 unspecified atom stereocenters. The third kappa shape index (κ3) is 2.23. The van der Waals surface area contributed by atoms with Crippen molar-refractivity contribution in [2.75, 3.05) is 27.5 Å². The average Bonchev–Trinajstić information content (AvgIpc) is 3.14. The van der Waals surface area contributed by atoms with Gasteiger partial charge in [-0.2, -0.15) is 0 Å². The lowest BCUT2D eigenvalue weighted by Gasteiger charge is -2.41. The molecule has 0 saturated heterocycles. The average molecular weight is 453 g/mol. The Morgan fingerprint density at radius 1 is 1.12 bits per heavy atom. The van der Waals surface area contributed by atoms with E-state index in [1.807, 2.05) is 12.1 Å². The summed E-state index contributed by atoms with van der Waals surface area (Å²) >= 11 is 0. The van der Waals surface area contributed by atoms with Crippen molar-refractivity contribution in [1.29, 1.82) is 0 Å². The van der Waals surface area contributed by atoms with Gasteiger partial charge >= 0.3 is 0 Å². The van der Waals surface area contributed by atoms with Crippen LogP contribution < -0.4 is 42.7 Å². The monoisotopic (exact) mass is 453 g/mol. The summed E-state index contributed by atoms with van der Waals surface area (Å²) in [6.07, 6.45) is 1.91. The first kappa shape index (κ1) is 16.8.